The molecule has 1 aliphatic heterocycles. The number of nitrogens with two attached hydrogens (primary N) is 1. The van der Waals surface area contributed by atoms with Gasteiger partial charge in [-0.3, -0.25) is 4.79 Å². The van der Waals surface area contributed by atoms with Crippen LogP contribution in [0.5, 0.6) is 0 Å². The Morgan fingerprint density at radius 2 is 1.94 bits per heavy atom. The van der Waals surface area contributed by atoms with Gasteiger partial charge in [-0.15, -0.1) is 0 Å². The molecule has 3 N–H and O–H groups in total. The Morgan fingerprint density at radius 3 is 2.61 bits per heavy atom. The predicted molar refractivity (Wildman–Crippen MR) is 71.2 cm³/mol. The van der Waals surface area contributed by atoms with Crippen molar-refractivity contribution < 1.29 is 9.53 Å². The van der Waals surface area contributed by atoms with Crippen LogP contribution in [0.3, 0.4) is 0 Å². The molecule has 4 heteroatoms. The van der Waals surface area contributed by atoms with Crippen LogP contribution in [0.2, 0.25) is 0 Å². The zero-order chi connectivity index (χ0) is 12.8. The number of carbonyl (C=O) groups excluding carboxylic acids is 1. The van der Waals surface area contributed by atoms with Gasteiger partial charge in [0.15, 0.2) is 0 Å². The molecule has 2 fully saturated rings. The van der Waals surface area contributed by atoms with Gasteiger partial charge in [-0.1, -0.05) is 0 Å². The first-order valence-corrected chi connectivity index (χ1v) is 7.40. The van der Waals surface area contributed by atoms with Crippen molar-refractivity contribution >= 4 is 5.91 Å². The molecule has 1 aliphatic carbocycles. The van der Waals surface area contributed by atoms with Gasteiger partial charge in [-0.25, -0.2) is 0 Å². The molecule has 18 heavy (non-hydrogen) atoms. The van der Waals surface area contributed by atoms with Crippen LogP contribution in [0.4, 0.5) is 0 Å². The Morgan fingerprint density at radius 1 is 1.17 bits per heavy atom. The predicted octanol–water partition coefficient (Wildman–Crippen LogP) is 1.58. The van der Waals surface area contributed by atoms with E-state index in [0.29, 0.717) is 12.1 Å². The number of rotatable bonds is 4. The third-order valence-corrected chi connectivity index (χ3v) is 4.18. The maximum absolute atomic E-state index is 12.0. The summed E-state index contributed by atoms with van der Waals surface area (Å²) in [5.41, 5.74) is 5.85. The van der Waals surface area contributed by atoms with E-state index in [0.717, 1.165) is 51.7 Å². The maximum atomic E-state index is 12.0. The molecule has 0 radical (unpaired) electrons. The molecule has 0 aromatic rings. The van der Waals surface area contributed by atoms with Crippen LogP contribution in [0.25, 0.3) is 0 Å². The fourth-order valence-electron chi connectivity index (χ4n) is 2.92. The van der Waals surface area contributed by atoms with Crippen LogP contribution in [-0.2, 0) is 9.53 Å². The Kier molecular flexibility index (Phi) is 5.45. The van der Waals surface area contributed by atoms with Crippen LogP contribution >= 0.6 is 0 Å². The van der Waals surface area contributed by atoms with E-state index in [1.165, 1.54) is 12.8 Å². The number of ether oxygens (including phenoxy) is 1. The summed E-state index contributed by atoms with van der Waals surface area (Å²) in [6.07, 6.45) is 8.79. The highest BCUT2D eigenvalue weighted by molar-refractivity contribution is 5.78. The molecule has 1 saturated heterocycles. The molecule has 104 valence electrons. The molecule has 1 unspecified atom stereocenters. The van der Waals surface area contributed by atoms with E-state index < -0.39 is 0 Å². The molecular weight excluding hydrogens is 228 g/mol. The highest BCUT2D eigenvalue weighted by Crippen LogP contribution is 2.23. The normalized spacial score (nSPS) is 33.1. The number of nitrogens with one attached hydrogen (secondary N) is 1. The maximum Gasteiger partial charge on any atom is 0.223 e. The van der Waals surface area contributed by atoms with Crippen LogP contribution < -0.4 is 11.1 Å². The summed E-state index contributed by atoms with van der Waals surface area (Å²) in [6, 6.07) is 0.310. The summed E-state index contributed by atoms with van der Waals surface area (Å²) in [5.74, 6) is 0.412. The smallest absolute Gasteiger partial charge is 0.223 e. The van der Waals surface area contributed by atoms with Gasteiger partial charge in [0, 0.05) is 25.1 Å². The lowest BCUT2D eigenvalue weighted by molar-refractivity contribution is -0.126. The fraction of sp³-hybridized carbons (Fsp3) is 0.929. The Labute approximate surface area is 110 Å². The van der Waals surface area contributed by atoms with E-state index in [9.17, 15) is 4.79 Å². The van der Waals surface area contributed by atoms with Crippen molar-refractivity contribution in [1.82, 2.24) is 5.32 Å². The standard InChI is InChI=1S/C14H26N2O2/c15-12-6-4-11(5-7-12)14(17)16-9-8-13-3-1-2-10-18-13/h11-13H,1-10,15H2,(H,16,17). The Hall–Kier alpha value is -0.610. The molecule has 1 saturated carbocycles. The van der Waals surface area contributed by atoms with Gasteiger partial charge in [0.05, 0.1) is 6.10 Å². The summed E-state index contributed by atoms with van der Waals surface area (Å²) in [7, 11) is 0. The van der Waals surface area contributed by atoms with Crippen LogP contribution in [-0.4, -0.2) is 31.2 Å². The van der Waals surface area contributed by atoms with Gasteiger partial charge in [-0.2, -0.15) is 0 Å². The van der Waals surface area contributed by atoms with Crippen molar-refractivity contribution in [3.05, 3.63) is 0 Å². The molecule has 1 amide bonds. The van der Waals surface area contributed by atoms with Crippen molar-refractivity contribution in [2.24, 2.45) is 11.7 Å². The molecule has 0 spiro atoms. The first-order chi connectivity index (χ1) is 8.75. The van der Waals surface area contributed by atoms with Crippen molar-refractivity contribution in [1.29, 1.82) is 0 Å². The summed E-state index contributed by atoms with van der Waals surface area (Å²) in [4.78, 5) is 12.0. The minimum absolute atomic E-state index is 0.192. The van der Waals surface area contributed by atoms with Crippen molar-refractivity contribution in [2.75, 3.05) is 13.2 Å². The number of hydrogen-bond acceptors (Lipinski definition) is 3. The first-order valence-electron chi connectivity index (χ1n) is 7.40. The van der Waals surface area contributed by atoms with Gasteiger partial charge in [0.25, 0.3) is 0 Å². The molecule has 1 heterocycles. The lowest BCUT2D eigenvalue weighted by atomic mass is 9.86. The van der Waals surface area contributed by atoms with Crippen molar-refractivity contribution in [3.63, 3.8) is 0 Å². The number of amides is 1. The van der Waals surface area contributed by atoms with E-state index in [1.807, 2.05) is 0 Å². The summed E-state index contributed by atoms with van der Waals surface area (Å²) < 4.78 is 5.65. The molecule has 0 bridgehead atoms. The monoisotopic (exact) mass is 254 g/mol. The van der Waals surface area contributed by atoms with Gasteiger partial charge >= 0.3 is 0 Å². The van der Waals surface area contributed by atoms with E-state index in [4.69, 9.17) is 10.5 Å². The van der Waals surface area contributed by atoms with Crippen molar-refractivity contribution in [2.45, 2.75) is 63.5 Å². The molecule has 0 aromatic carbocycles. The SMILES string of the molecule is NC1CCC(C(=O)NCCC2CCCCO2)CC1. The van der Waals surface area contributed by atoms with E-state index >= 15 is 0 Å². The van der Waals surface area contributed by atoms with Crippen LogP contribution in [0.15, 0.2) is 0 Å². The second-order valence-electron chi connectivity index (χ2n) is 5.68. The summed E-state index contributed by atoms with van der Waals surface area (Å²) >= 11 is 0. The second-order valence-corrected chi connectivity index (χ2v) is 5.68. The Balaban J connectivity index is 1.59. The molecule has 0 aromatic heterocycles. The quantitative estimate of drug-likeness (QED) is 0.800. The third-order valence-electron chi connectivity index (χ3n) is 4.18. The van der Waals surface area contributed by atoms with E-state index in [1.54, 1.807) is 0 Å². The van der Waals surface area contributed by atoms with Gasteiger partial charge < -0.3 is 15.8 Å². The molecule has 2 rings (SSSR count). The topological polar surface area (TPSA) is 64.4 Å². The fourth-order valence-corrected chi connectivity index (χ4v) is 2.92. The van der Waals surface area contributed by atoms with Gasteiger partial charge in [-0.05, 0) is 51.4 Å². The zero-order valence-corrected chi connectivity index (χ0v) is 11.2. The van der Waals surface area contributed by atoms with Crippen LogP contribution in [0.1, 0.15) is 51.4 Å². The minimum atomic E-state index is 0.192. The highest BCUT2D eigenvalue weighted by Gasteiger charge is 2.24. The second kappa shape index (κ2) is 7.10. The molecular formula is C14H26N2O2. The summed E-state index contributed by atoms with van der Waals surface area (Å²) in [5, 5.41) is 3.05. The summed E-state index contributed by atoms with van der Waals surface area (Å²) in [6.45, 7) is 1.64. The lowest BCUT2D eigenvalue weighted by Gasteiger charge is -2.26. The zero-order valence-electron chi connectivity index (χ0n) is 11.2. The number of carbonyl (C=O) groups is 1. The highest BCUT2D eigenvalue weighted by atomic mass is 16.5. The Bertz CT molecular complexity index is 257. The first kappa shape index (κ1) is 13.8. The van der Waals surface area contributed by atoms with E-state index in [-0.39, 0.29) is 11.8 Å². The molecule has 1 atom stereocenters. The van der Waals surface area contributed by atoms with Gasteiger partial charge in [0.2, 0.25) is 5.91 Å². The lowest BCUT2D eigenvalue weighted by Crippen LogP contribution is -2.37. The largest absolute Gasteiger partial charge is 0.378 e. The average Bonchev–Trinajstić information content (AvgIpc) is 2.40. The van der Waals surface area contributed by atoms with Gasteiger partial charge in [0.1, 0.15) is 0 Å². The third kappa shape index (κ3) is 4.25. The number of hydrogen-bond donors (Lipinski definition) is 2. The molecule has 4 nitrogen and oxygen atoms in total. The van der Waals surface area contributed by atoms with E-state index in [2.05, 4.69) is 5.32 Å². The molecule has 2 aliphatic rings. The van der Waals surface area contributed by atoms with Crippen molar-refractivity contribution in [3.8, 4) is 0 Å². The average molecular weight is 254 g/mol. The minimum Gasteiger partial charge on any atom is -0.378 e. The van der Waals surface area contributed by atoms with Crippen LogP contribution in [0, 0.1) is 5.92 Å².